The fraction of sp³-hybridized carbons (Fsp3) is 0.923. The molecule has 92 valence electrons. The molecule has 3 heteroatoms. The van der Waals surface area contributed by atoms with E-state index >= 15 is 0 Å². The molecule has 1 aliphatic carbocycles. The lowest BCUT2D eigenvalue weighted by Gasteiger charge is -2.24. The van der Waals surface area contributed by atoms with Crippen molar-refractivity contribution in [2.24, 2.45) is 5.92 Å². The standard InChI is InChI=1S/C13H23NO2/c1-12(2,3)16-11(15)10-6-4-5-7-13(8-10)9-14-13/h10,14H,4-9H2,1-3H3. The van der Waals surface area contributed by atoms with Gasteiger partial charge in [-0.05, 0) is 40.0 Å². The molecule has 1 N–H and O–H groups in total. The molecule has 0 bridgehead atoms. The van der Waals surface area contributed by atoms with Crippen molar-refractivity contribution in [1.82, 2.24) is 5.32 Å². The highest BCUT2D eigenvalue weighted by molar-refractivity contribution is 5.73. The van der Waals surface area contributed by atoms with Crippen molar-refractivity contribution >= 4 is 5.97 Å². The molecule has 0 radical (unpaired) electrons. The zero-order chi connectivity index (χ0) is 11.8. The van der Waals surface area contributed by atoms with E-state index in [-0.39, 0.29) is 23.0 Å². The van der Waals surface area contributed by atoms with Gasteiger partial charge in [0.1, 0.15) is 5.60 Å². The van der Waals surface area contributed by atoms with Gasteiger partial charge in [0, 0.05) is 12.1 Å². The van der Waals surface area contributed by atoms with E-state index in [0.29, 0.717) is 0 Å². The van der Waals surface area contributed by atoms with Crippen LogP contribution in [0.4, 0.5) is 0 Å². The van der Waals surface area contributed by atoms with E-state index in [4.69, 9.17) is 4.74 Å². The first kappa shape index (κ1) is 11.9. The van der Waals surface area contributed by atoms with E-state index in [0.717, 1.165) is 25.8 Å². The Morgan fingerprint density at radius 2 is 2.06 bits per heavy atom. The maximum atomic E-state index is 12.0. The zero-order valence-corrected chi connectivity index (χ0v) is 10.6. The van der Waals surface area contributed by atoms with Crippen LogP contribution >= 0.6 is 0 Å². The number of hydrogen-bond donors (Lipinski definition) is 1. The number of esters is 1. The lowest BCUT2D eigenvalue weighted by molar-refractivity contribution is -0.160. The summed E-state index contributed by atoms with van der Waals surface area (Å²) in [6.45, 7) is 6.90. The summed E-state index contributed by atoms with van der Waals surface area (Å²) >= 11 is 0. The Morgan fingerprint density at radius 1 is 1.38 bits per heavy atom. The number of carbonyl (C=O) groups excluding carboxylic acids is 1. The van der Waals surface area contributed by atoms with Crippen LogP contribution in [0.1, 0.15) is 52.9 Å². The number of ether oxygens (including phenoxy) is 1. The van der Waals surface area contributed by atoms with Crippen molar-refractivity contribution in [3.63, 3.8) is 0 Å². The molecule has 2 rings (SSSR count). The lowest BCUT2D eigenvalue weighted by atomic mass is 9.93. The number of hydrogen-bond acceptors (Lipinski definition) is 3. The van der Waals surface area contributed by atoms with E-state index in [1.165, 1.54) is 12.8 Å². The number of nitrogens with one attached hydrogen (secondary N) is 1. The van der Waals surface area contributed by atoms with Gasteiger partial charge in [0.05, 0.1) is 5.92 Å². The van der Waals surface area contributed by atoms with Crippen molar-refractivity contribution in [1.29, 1.82) is 0 Å². The Hall–Kier alpha value is -0.570. The van der Waals surface area contributed by atoms with Crippen LogP contribution in [0.3, 0.4) is 0 Å². The van der Waals surface area contributed by atoms with Gasteiger partial charge in [-0.2, -0.15) is 0 Å². The van der Waals surface area contributed by atoms with Gasteiger partial charge in [0.15, 0.2) is 0 Å². The second-order valence-corrected chi connectivity index (χ2v) is 6.31. The number of carbonyl (C=O) groups is 1. The molecule has 1 saturated heterocycles. The molecule has 1 spiro atoms. The molecule has 0 aromatic carbocycles. The van der Waals surface area contributed by atoms with Crippen LogP contribution in [0.2, 0.25) is 0 Å². The van der Waals surface area contributed by atoms with Gasteiger partial charge in [-0.3, -0.25) is 4.79 Å². The van der Waals surface area contributed by atoms with Crippen LogP contribution in [-0.2, 0) is 9.53 Å². The average molecular weight is 225 g/mol. The SMILES string of the molecule is CC(C)(C)OC(=O)C1CCCCC2(CN2)C1. The summed E-state index contributed by atoms with van der Waals surface area (Å²) in [5, 5.41) is 3.43. The van der Waals surface area contributed by atoms with E-state index in [1.807, 2.05) is 20.8 Å². The van der Waals surface area contributed by atoms with Crippen LogP contribution in [0.25, 0.3) is 0 Å². The van der Waals surface area contributed by atoms with Gasteiger partial charge in [0.25, 0.3) is 0 Å². The Balaban J connectivity index is 1.94. The second kappa shape index (κ2) is 4.02. The molecule has 16 heavy (non-hydrogen) atoms. The Bertz CT molecular complexity index is 276. The molecule has 1 saturated carbocycles. The molecule has 2 atom stereocenters. The molecular weight excluding hydrogens is 202 g/mol. The predicted molar refractivity (Wildman–Crippen MR) is 63.2 cm³/mol. The zero-order valence-electron chi connectivity index (χ0n) is 10.6. The van der Waals surface area contributed by atoms with E-state index < -0.39 is 0 Å². The fourth-order valence-corrected chi connectivity index (χ4v) is 2.56. The number of rotatable bonds is 1. The highest BCUT2D eigenvalue weighted by Gasteiger charge is 2.46. The second-order valence-electron chi connectivity index (χ2n) is 6.31. The Labute approximate surface area is 97.9 Å². The topological polar surface area (TPSA) is 48.2 Å². The fourth-order valence-electron chi connectivity index (χ4n) is 2.56. The maximum absolute atomic E-state index is 12.0. The lowest BCUT2D eigenvalue weighted by Crippen LogP contribution is -2.31. The predicted octanol–water partition coefficient (Wildman–Crippen LogP) is 2.25. The summed E-state index contributed by atoms with van der Waals surface area (Å²) in [6, 6.07) is 0. The van der Waals surface area contributed by atoms with Gasteiger partial charge in [0.2, 0.25) is 0 Å². The van der Waals surface area contributed by atoms with Crippen LogP contribution in [0.15, 0.2) is 0 Å². The normalized spacial score (nSPS) is 34.6. The molecule has 2 unspecified atom stereocenters. The highest BCUT2D eigenvalue weighted by atomic mass is 16.6. The first-order valence-corrected chi connectivity index (χ1v) is 6.38. The molecule has 2 fully saturated rings. The molecule has 0 amide bonds. The van der Waals surface area contributed by atoms with Gasteiger partial charge in [-0.1, -0.05) is 12.8 Å². The van der Waals surface area contributed by atoms with E-state index in [1.54, 1.807) is 0 Å². The third kappa shape index (κ3) is 2.97. The third-order valence-corrected chi connectivity index (χ3v) is 3.51. The summed E-state index contributed by atoms with van der Waals surface area (Å²) in [5.41, 5.74) is -0.0639. The molecule has 2 aliphatic rings. The minimum atomic E-state index is -0.354. The van der Waals surface area contributed by atoms with E-state index in [2.05, 4.69) is 5.32 Å². The van der Waals surface area contributed by atoms with Gasteiger partial charge < -0.3 is 10.1 Å². The van der Waals surface area contributed by atoms with Crippen molar-refractivity contribution in [3.8, 4) is 0 Å². The summed E-state index contributed by atoms with van der Waals surface area (Å²) in [4.78, 5) is 12.0. The average Bonchev–Trinajstić information content (AvgIpc) is 2.91. The van der Waals surface area contributed by atoms with Gasteiger partial charge in [-0.25, -0.2) is 0 Å². The van der Waals surface area contributed by atoms with Crippen molar-refractivity contribution < 1.29 is 9.53 Å². The highest BCUT2D eigenvalue weighted by Crippen LogP contribution is 2.37. The van der Waals surface area contributed by atoms with Crippen molar-refractivity contribution in [2.45, 2.75) is 64.0 Å². The van der Waals surface area contributed by atoms with Crippen molar-refractivity contribution in [3.05, 3.63) is 0 Å². The minimum Gasteiger partial charge on any atom is -0.460 e. The summed E-state index contributed by atoms with van der Waals surface area (Å²) in [6.07, 6.45) is 5.60. The van der Waals surface area contributed by atoms with Gasteiger partial charge >= 0.3 is 5.97 Å². The Morgan fingerprint density at radius 3 is 2.62 bits per heavy atom. The van der Waals surface area contributed by atoms with Crippen LogP contribution in [0.5, 0.6) is 0 Å². The molecular formula is C13H23NO2. The summed E-state index contributed by atoms with van der Waals surface area (Å²) in [7, 11) is 0. The van der Waals surface area contributed by atoms with Crippen LogP contribution < -0.4 is 5.32 Å². The van der Waals surface area contributed by atoms with Crippen LogP contribution in [0, 0.1) is 5.92 Å². The largest absolute Gasteiger partial charge is 0.460 e. The maximum Gasteiger partial charge on any atom is 0.309 e. The van der Waals surface area contributed by atoms with E-state index in [9.17, 15) is 4.79 Å². The monoisotopic (exact) mass is 225 g/mol. The molecule has 3 nitrogen and oxygen atoms in total. The van der Waals surface area contributed by atoms with Gasteiger partial charge in [-0.15, -0.1) is 0 Å². The first-order valence-electron chi connectivity index (χ1n) is 6.38. The van der Waals surface area contributed by atoms with Crippen LogP contribution in [-0.4, -0.2) is 23.7 Å². The molecule has 1 aliphatic heterocycles. The quantitative estimate of drug-likeness (QED) is 0.550. The molecule has 0 aromatic rings. The first-order chi connectivity index (χ1) is 7.40. The summed E-state index contributed by atoms with van der Waals surface area (Å²) < 4.78 is 5.49. The molecule has 1 heterocycles. The molecule has 0 aromatic heterocycles. The summed E-state index contributed by atoms with van der Waals surface area (Å²) in [5.74, 6) is 0.110. The minimum absolute atomic E-state index is 0.00229. The smallest absolute Gasteiger partial charge is 0.309 e. The Kier molecular flexibility index (Phi) is 2.99. The van der Waals surface area contributed by atoms with Crippen molar-refractivity contribution in [2.75, 3.05) is 6.54 Å². The third-order valence-electron chi connectivity index (χ3n) is 3.51.